The first-order chi connectivity index (χ1) is 7.56. The third-order valence-electron chi connectivity index (χ3n) is 2.87. The molecule has 0 unspecified atom stereocenters. The van der Waals surface area contributed by atoms with Crippen molar-refractivity contribution in [1.82, 2.24) is 0 Å². The Morgan fingerprint density at radius 3 is 2.31 bits per heavy atom. The Hall–Kier alpha value is -0.560. The van der Waals surface area contributed by atoms with Gasteiger partial charge in [-0.1, -0.05) is 30.2 Å². The summed E-state index contributed by atoms with van der Waals surface area (Å²) < 4.78 is 0. The standard InChI is InChI=1S/C15H28O/c1-13(2)7-5-8-14(3)9-6-10-15(4)11-12-16/h7,9,15-16H,5-6,8,10-12H2,1-4H3/b14-9-/t15-/m1/s1. The molecule has 1 atom stereocenters. The normalized spacial score (nSPS) is 13.7. The fraction of sp³-hybridized carbons (Fsp3) is 0.733. The summed E-state index contributed by atoms with van der Waals surface area (Å²) in [6.07, 6.45) is 10.3. The van der Waals surface area contributed by atoms with Crippen molar-refractivity contribution in [2.24, 2.45) is 5.92 Å². The van der Waals surface area contributed by atoms with Crippen LogP contribution in [0.25, 0.3) is 0 Å². The molecule has 0 rings (SSSR count). The van der Waals surface area contributed by atoms with Gasteiger partial charge >= 0.3 is 0 Å². The fourth-order valence-electron chi connectivity index (χ4n) is 1.67. The third-order valence-corrected chi connectivity index (χ3v) is 2.87. The third kappa shape index (κ3) is 9.97. The summed E-state index contributed by atoms with van der Waals surface area (Å²) in [5.74, 6) is 0.645. The molecule has 0 spiro atoms. The molecule has 0 aliphatic carbocycles. The summed E-state index contributed by atoms with van der Waals surface area (Å²) in [6.45, 7) is 9.05. The highest BCUT2D eigenvalue weighted by atomic mass is 16.3. The molecule has 0 aliphatic heterocycles. The number of hydrogen-bond donors (Lipinski definition) is 1. The molecule has 0 aromatic rings. The number of hydrogen-bond acceptors (Lipinski definition) is 1. The molecule has 94 valence electrons. The lowest BCUT2D eigenvalue weighted by atomic mass is 10.0. The molecule has 1 nitrogen and oxygen atoms in total. The molecule has 16 heavy (non-hydrogen) atoms. The SMILES string of the molecule is CC(C)=CCC/C(C)=C\CC[C@@H](C)CCO. The molecule has 1 heteroatoms. The van der Waals surface area contributed by atoms with E-state index in [-0.39, 0.29) is 0 Å². The largest absolute Gasteiger partial charge is 0.396 e. The maximum absolute atomic E-state index is 8.79. The zero-order chi connectivity index (χ0) is 12.4. The number of rotatable bonds is 8. The van der Waals surface area contributed by atoms with E-state index in [1.54, 1.807) is 0 Å². The van der Waals surface area contributed by atoms with Crippen LogP contribution in [0.5, 0.6) is 0 Å². The topological polar surface area (TPSA) is 20.2 Å². The summed E-state index contributed by atoms with van der Waals surface area (Å²) >= 11 is 0. The van der Waals surface area contributed by atoms with E-state index in [0.717, 1.165) is 19.3 Å². The highest BCUT2D eigenvalue weighted by Crippen LogP contribution is 2.13. The van der Waals surface area contributed by atoms with Gasteiger partial charge in [0.1, 0.15) is 0 Å². The van der Waals surface area contributed by atoms with Gasteiger partial charge in [0, 0.05) is 6.61 Å². The maximum atomic E-state index is 8.79. The Morgan fingerprint density at radius 2 is 1.75 bits per heavy atom. The van der Waals surface area contributed by atoms with Gasteiger partial charge in [-0.25, -0.2) is 0 Å². The molecule has 0 aromatic heterocycles. The van der Waals surface area contributed by atoms with Crippen LogP contribution in [-0.2, 0) is 0 Å². The Morgan fingerprint density at radius 1 is 1.06 bits per heavy atom. The van der Waals surface area contributed by atoms with Gasteiger partial charge in [0.25, 0.3) is 0 Å². The van der Waals surface area contributed by atoms with Crippen LogP contribution >= 0.6 is 0 Å². The molecule has 0 fully saturated rings. The fourth-order valence-corrected chi connectivity index (χ4v) is 1.67. The summed E-state index contributed by atoms with van der Waals surface area (Å²) in [4.78, 5) is 0. The summed E-state index contributed by atoms with van der Waals surface area (Å²) in [5, 5.41) is 8.79. The predicted molar refractivity (Wildman–Crippen MR) is 72.5 cm³/mol. The number of allylic oxidation sites excluding steroid dienone is 4. The molecular weight excluding hydrogens is 196 g/mol. The minimum Gasteiger partial charge on any atom is -0.396 e. The summed E-state index contributed by atoms with van der Waals surface area (Å²) in [7, 11) is 0. The number of aliphatic hydroxyl groups excluding tert-OH is 1. The van der Waals surface area contributed by atoms with Gasteiger partial charge in [-0.2, -0.15) is 0 Å². The van der Waals surface area contributed by atoms with Crippen molar-refractivity contribution in [1.29, 1.82) is 0 Å². The lowest BCUT2D eigenvalue weighted by Crippen LogP contribution is -1.97. The number of aliphatic hydroxyl groups is 1. The van der Waals surface area contributed by atoms with Gasteiger partial charge in [0.2, 0.25) is 0 Å². The van der Waals surface area contributed by atoms with Crippen LogP contribution in [0.4, 0.5) is 0 Å². The van der Waals surface area contributed by atoms with Crippen molar-refractivity contribution >= 4 is 0 Å². The monoisotopic (exact) mass is 224 g/mol. The van der Waals surface area contributed by atoms with Crippen molar-refractivity contribution < 1.29 is 5.11 Å². The quantitative estimate of drug-likeness (QED) is 0.603. The van der Waals surface area contributed by atoms with E-state index >= 15 is 0 Å². The van der Waals surface area contributed by atoms with Crippen molar-refractivity contribution in [2.45, 2.75) is 59.8 Å². The first-order valence-electron chi connectivity index (χ1n) is 6.46. The van der Waals surface area contributed by atoms with Crippen molar-refractivity contribution in [3.63, 3.8) is 0 Å². The molecule has 0 amide bonds. The first-order valence-corrected chi connectivity index (χ1v) is 6.46. The van der Waals surface area contributed by atoms with Gasteiger partial charge in [-0.3, -0.25) is 0 Å². The molecule has 0 radical (unpaired) electrons. The van der Waals surface area contributed by atoms with E-state index in [1.165, 1.54) is 24.0 Å². The van der Waals surface area contributed by atoms with Gasteiger partial charge in [0.05, 0.1) is 0 Å². The molecule has 0 heterocycles. The Balaban J connectivity index is 3.66. The Labute approximate surface area is 101 Å². The van der Waals surface area contributed by atoms with E-state index in [9.17, 15) is 0 Å². The predicted octanol–water partition coefficient (Wildman–Crippen LogP) is 4.48. The van der Waals surface area contributed by atoms with E-state index in [4.69, 9.17) is 5.11 Å². The molecule has 0 aromatic carbocycles. The van der Waals surface area contributed by atoms with Crippen LogP contribution in [0.1, 0.15) is 59.8 Å². The van der Waals surface area contributed by atoms with Gasteiger partial charge in [-0.05, 0) is 58.8 Å². The average Bonchev–Trinajstić information content (AvgIpc) is 2.17. The van der Waals surface area contributed by atoms with E-state index in [1.807, 2.05) is 0 Å². The van der Waals surface area contributed by atoms with Crippen LogP contribution in [0, 0.1) is 5.92 Å². The van der Waals surface area contributed by atoms with Crippen molar-refractivity contribution in [3.05, 3.63) is 23.3 Å². The highest BCUT2D eigenvalue weighted by Gasteiger charge is 1.99. The van der Waals surface area contributed by atoms with Crippen LogP contribution in [-0.4, -0.2) is 11.7 Å². The Kier molecular flexibility index (Phi) is 9.31. The molecular formula is C15H28O. The van der Waals surface area contributed by atoms with E-state index in [0.29, 0.717) is 12.5 Å². The van der Waals surface area contributed by atoms with Gasteiger partial charge in [0.15, 0.2) is 0 Å². The minimum absolute atomic E-state index is 0.324. The lowest BCUT2D eigenvalue weighted by Gasteiger charge is -2.07. The van der Waals surface area contributed by atoms with Gasteiger partial charge < -0.3 is 5.11 Å². The summed E-state index contributed by atoms with van der Waals surface area (Å²) in [5.41, 5.74) is 2.90. The second kappa shape index (κ2) is 9.65. The lowest BCUT2D eigenvalue weighted by molar-refractivity contribution is 0.259. The van der Waals surface area contributed by atoms with Crippen LogP contribution in [0.2, 0.25) is 0 Å². The van der Waals surface area contributed by atoms with E-state index in [2.05, 4.69) is 39.8 Å². The molecule has 0 bridgehead atoms. The zero-order valence-electron chi connectivity index (χ0n) is 11.4. The van der Waals surface area contributed by atoms with Crippen molar-refractivity contribution in [3.8, 4) is 0 Å². The summed E-state index contributed by atoms with van der Waals surface area (Å²) in [6, 6.07) is 0. The molecule has 0 aliphatic rings. The second-order valence-corrected chi connectivity index (χ2v) is 5.07. The first kappa shape index (κ1) is 15.4. The average molecular weight is 224 g/mol. The maximum Gasteiger partial charge on any atom is 0.0433 e. The second-order valence-electron chi connectivity index (χ2n) is 5.07. The molecule has 0 saturated carbocycles. The smallest absolute Gasteiger partial charge is 0.0433 e. The van der Waals surface area contributed by atoms with Crippen molar-refractivity contribution in [2.75, 3.05) is 6.61 Å². The Bertz CT molecular complexity index is 222. The minimum atomic E-state index is 0.324. The van der Waals surface area contributed by atoms with E-state index < -0.39 is 0 Å². The van der Waals surface area contributed by atoms with Crippen LogP contribution in [0.15, 0.2) is 23.3 Å². The van der Waals surface area contributed by atoms with Gasteiger partial charge in [-0.15, -0.1) is 0 Å². The van der Waals surface area contributed by atoms with Crippen LogP contribution < -0.4 is 0 Å². The molecule has 0 saturated heterocycles. The van der Waals surface area contributed by atoms with Crippen LogP contribution in [0.3, 0.4) is 0 Å². The zero-order valence-corrected chi connectivity index (χ0v) is 11.4. The highest BCUT2D eigenvalue weighted by molar-refractivity contribution is 5.02. The molecule has 1 N–H and O–H groups in total.